The van der Waals surface area contributed by atoms with Crippen LogP contribution in [0.5, 0.6) is 0 Å². The third-order valence-corrected chi connectivity index (χ3v) is 5.27. The number of nitrogens with zero attached hydrogens (tertiary/aromatic N) is 6. The molecule has 3 heterocycles. The van der Waals surface area contributed by atoms with Gasteiger partial charge in [-0.05, 0) is 25.0 Å². The number of hydrogen-bond donors (Lipinski definition) is 2. The van der Waals surface area contributed by atoms with Crippen molar-refractivity contribution in [2.45, 2.75) is 26.4 Å². The van der Waals surface area contributed by atoms with E-state index in [4.69, 9.17) is 0 Å². The van der Waals surface area contributed by atoms with Gasteiger partial charge in [0.05, 0.1) is 11.9 Å². The van der Waals surface area contributed by atoms with Gasteiger partial charge in [-0.25, -0.2) is 15.0 Å². The summed E-state index contributed by atoms with van der Waals surface area (Å²) >= 11 is 0. The normalized spacial score (nSPS) is 17.4. The van der Waals surface area contributed by atoms with Gasteiger partial charge in [-0.1, -0.05) is 30.3 Å². The highest BCUT2D eigenvalue weighted by Crippen LogP contribution is 2.27. The molecule has 1 atom stereocenters. The number of hydrogen-bond acceptors (Lipinski definition) is 5. The Kier molecular flexibility index (Phi) is 5.29. The maximum absolute atomic E-state index is 9.21. The maximum Gasteiger partial charge on any atom is 0.208 e. The predicted octanol–water partition coefficient (Wildman–Crippen LogP) is 2.40. The van der Waals surface area contributed by atoms with Crippen molar-refractivity contribution < 1.29 is 0 Å². The van der Waals surface area contributed by atoms with Crippen LogP contribution < -0.4 is 10.2 Å². The predicted molar refractivity (Wildman–Crippen MR) is 113 cm³/mol. The van der Waals surface area contributed by atoms with Crippen LogP contribution in [0, 0.1) is 18.4 Å². The summed E-state index contributed by atoms with van der Waals surface area (Å²) in [5, 5.41) is 13.1. The molecule has 0 saturated carbocycles. The highest BCUT2D eigenvalue weighted by molar-refractivity contribution is 5.90. The molecule has 0 spiro atoms. The van der Waals surface area contributed by atoms with E-state index in [2.05, 4.69) is 48.9 Å². The third-order valence-electron chi connectivity index (χ3n) is 5.27. The molecule has 8 nitrogen and oxygen atoms in total. The summed E-state index contributed by atoms with van der Waals surface area (Å²) in [7, 11) is 0. The fraction of sp³-hybridized carbons (Fsp3) is 0.333. The number of aromatic amines is 1. The van der Waals surface area contributed by atoms with Crippen molar-refractivity contribution in [3.05, 3.63) is 54.0 Å². The number of aliphatic imine (C=N–C) groups is 1. The van der Waals surface area contributed by atoms with Gasteiger partial charge in [-0.2, -0.15) is 5.26 Å². The van der Waals surface area contributed by atoms with E-state index in [-0.39, 0.29) is 6.04 Å². The van der Waals surface area contributed by atoms with Crippen LogP contribution in [-0.4, -0.2) is 51.5 Å². The summed E-state index contributed by atoms with van der Waals surface area (Å²) in [4.78, 5) is 21.2. The number of fused-ring (bicyclic) bond motifs is 1. The zero-order valence-corrected chi connectivity index (χ0v) is 16.6. The van der Waals surface area contributed by atoms with Crippen LogP contribution in [-0.2, 0) is 6.54 Å². The molecule has 0 radical (unpaired) electrons. The zero-order valence-electron chi connectivity index (χ0n) is 16.6. The van der Waals surface area contributed by atoms with Crippen LogP contribution in [0.1, 0.15) is 18.1 Å². The number of benzene rings is 1. The van der Waals surface area contributed by atoms with Crippen LogP contribution >= 0.6 is 0 Å². The molecular weight excluding hydrogens is 364 g/mol. The number of nitriles is 1. The number of nitrogens with one attached hydrogen (secondary N) is 2. The lowest BCUT2D eigenvalue weighted by atomic mass is 10.1. The molecule has 148 valence electrons. The first-order valence-electron chi connectivity index (χ1n) is 9.71. The van der Waals surface area contributed by atoms with Crippen molar-refractivity contribution in [3.63, 3.8) is 0 Å². The first-order valence-corrected chi connectivity index (χ1v) is 9.71. The van der Waals surface area contributed by atoms with Gasteiger partial charge in [0.25, 0.3) is 0 Å². The van der Waals surface area contributed by atoms with E-state index >= 15 is 0 Å². The van der Waals surface area contributed by atoms with Crippen molar-refractivity contribution in [1.29, 1.82) is 5.26 Å². The number of aromatic nitrogens is 3. The Balaban J connectivity index is 1.52. The number of rotatable bonds is 3. The van der Waals surface area contributed by atoms with Gasteiger partial charge in [-0.15, -0.1) is 0 Å². The Morgan fingerprint density at radius 3 is 2.90 bits per heavy atom. The summed E-state index contributed by atoms with van der Waals surface area (Å²) in [5.41, 5.74) is 3.11. The van der Waals surface area contributed by atoms with E-state index in [1.807, 2.05) is 42.7 Å². The molecule has 4 rings (SSSR count). The first-order chi connectivity index (χ1) is 14.2. The quantitative estimate of drug-likeness (QED) is 0.310. The molecule has 1 aliphatic heterocycles. The minimum Gasteiger partial charge on any atom is -0.352 e. The van der Waals surface area contributed by atoms with Crippen LogP contribution in [0.15, 0.2) is 47.8 Å². The monoisotopic (exact) mass is 388 g/mol. The van der Waals surface area contributed by atoms with Gasteiger partial charge in [-0.3, -0.25) is 5.32 Å². The average molecular weight is 388 g/mol. The molecule has 0 bridgehead atoms. The summed E-state index contributed by atoms with van der Waals surface area (Å²) in [6, 6.07) is 10.2. The number of H-pyrrole nitrogens is 1. The molecule has 8 heteroatoms. The second-order valence-electron chi connectivity index (χ2n) is 7.24. The van der Waals surface area contributed by atoms with Gasteiger partial charge >= 0.3 is 0 Å². The number of guanidine groups is 1. The summed E-state index contributed by atoms with van der Waals surface area (Å²) < 4.78 is 0. The summed E-state index contributed by atoms with van der Waals surface area (Å²) in [6.07, 6.45) is 5.60. The van der Waals surface area contributed by atoms with Gasteiger partial charge < -0.3 is 14.8 Å². The Morgan fingerprint density at radius 2 is 2.14 bits per heavy atom. The van der Waals surface area contributed by atoms with Crippen molar-refractivity contribution in [3.8, 4) is 6.19 Å². The highest BCUT2D eigenvalue weighted by atomic mass is 15.4. The number of aryl methyl sites for hydroxylation is 1. The fourth-order valence-corrected chi connectivity index (χ4v) is 3.80. The van der Waals surface area contributed by atoms with E-state index in [0.717, 1.165) is 47.6 Å². The lowest BCUT2D eigenvalue weighted by molar-refractivity contribution is 0.290. The SMILES string of the molecule is Cc1c[nH]c2ncnc(N3CCN(C(=NCc4ccccc4)NC#N)[C@@H](C)C3)c12. The first kappa shape index (κ1) is 18.7. The molecule has 3 aromatic rings. The Labute approximate surface area is 169 Å². The Hall–Kier alpha value is -3.60. The van der Waals surface area contributed by atoms with Crippen molar-refractivity contribution in [2.24, 2.45) is 4.99 Å². The molecule has 2 N–H and O–H groups in total. The highest BCUT2D eigenvalue weighted by Gasteiger charge is 2.28. The van der Waals surface area contributed by atoms with Crippen molar-refractivity contribution in [2.75, 3.05) is 24.5 Å². The maximum atomic E-state index is 9.21. The zero-order chi connectivity index (χ0) is 20.2. The van der Waals surface area contributed by atoms with Gasteiger partial charge in [0, 0.05) is 31.9 Å². The molecule has 0 aliphatic carbocycles. The largest absolute Gasteiger partial charge is 0.352 e. The second-order valence-corrected chi connectivity index (χ2v) is 7.24. The van der Waals surface area contributed by atoms with Crippen LogP contribution in [0.3, 0.4) is 0 Å². The van der Waals surface area contributed by atoms with Gasteiger partial charge in [0.15, 0.2) is 6.19 Å². The minimum atomic E-state index is 0.170. The molecule has 29 heavy (non-hydrogen) atoms. The van der Waals surface area contributed by atoms with Crippen LogP contribution in [0.25, 0.3) is 11.0 Å². The molecule has 0 amide bonds. The number of anilines is 1. The summed E-state index contributed by atoms with van der Waals surface area (Å²) in [5.74, 6) is 1.57. The van der Waals surface area contributed by atoms with E-state index in [0.29, 0.717) is 12.5 Å². The van der Waals surface area contributed by atoms with Crippen molar-refractivity contribution in [1.82, 2.24) is 25.2 Å². The molecule has 2 aromatic heterocycles. The van der Waals surface area contributed by atoms with Gasteiger partial charge in [0.1, 0.15) is 17.8 Å². The number of piperazine rings is 1. The van der Waals surface area contributed by atoms with Crippen LogP contribution in [0.4, 0.5) is 5.82 Å². The minimum absolute atomic E-state index is 0.170. The Morgan fingerprint density at radius 1 is 1.31 bits per heavy atom. The topological polar surface area (TPSA) is 96.2 Å². The van der Waals surface area contributed by atoms with Gasteiger partial charge in [0.2, 0.25) is 5.96 Å². The second kappa shape index (κ2) is 8.19. The standard InChI is InChI=1S/C21H24N8/c1-15-10-23-19-18(15)20(27-14-26-19)28-8-9-29(16(2)12-28)21(25-13-22)24-11-17-6-4-3-5-7-17/h3-7,10,14,16H,8-9,11-12H2,1-2H3,(H,24,25)(H,23,26,27)/t16-/m0/s1. The molecule has 1 aromatic carbocycles. The lowest BCUT2D eigenvalue weighted by Gasteiger charge is -2.41. The molecule has 0 unspecified atom stereocenters. The van der Waals surface area contributed by atoms with E-state index in [1.165, 1.54) is 0 Å². The molecular formula is C21H24N8. The van der Waals surface area contributed by atoms with E-state index in [1.54, 1.807) is 6.33 Å². The lowest BCUT2D eigenvalue weighted by Crippen LogP contribution is -2.56. The smallest absolute Gasteiger partial charge is 0.208 e. The summed E-state index contributed by atoms with van der Waals surface area (Å²) in [6.45, 7) is 7.07. The van der Waals surface area contributed by atoms with E-state index in [9.17, 15) is 5.26 Å². The van der Waals surface area contributed by atoms with Crippen molar-refractivity contribution >= 4 is 22.8 Å². The fourth-order valence-electron chi connectivity index (χ4n) is 3.80. The van der Waals surface area contributed by atoms with Crippen LogP contribution in [0.2, 0.25) is 0 Å². The average Bonchev–Trinajstić information content (AvgIpc) is 3.13. The molecule has 1 aliphatic rings. The van der Waals surface area contributed by atoms with E-state index < -0.39 is 0 Å². The third kappa shape index (κ3) is 3.85. The Bertz CT molecular complexity index is 1050. The molecule has 1 saturated heterocycles. The molecule has 1 fully saturated rings.